The summed E-state index contributed by atoms with van der Waals surface area (Å²) in [4.78, 5) is 23.9. The van der Waals surface area contributed by atoms with E-state index in [-0.39, 0.29) is 12.3 Å². The summed E-state index contributed by atoms with van der Waals surface area (Å²) < 4.78 is 15.2. The smallest absolute Gasteiger partial charge is 0.337 e. The molecule has 0 heterocycles. The van der Waals surface area contributed by atoms with Crippen molar-refractivity contribution in [3.63, 3.8) is 0 Å². The van der Waals surface area contributed by atoms with Gasteiger partial charge in [0.15, 0.2) is 11.5 Å². The maximum Gasteiger partial charge on any atom is 0.337 e. The fourth-order valence-corrected chi connectivity index (χ4v) is 2.43. The molecule has 1 amide bonds. The van der Waals surface area contributed by atoms with E-state index in [1.807, 2.05) is 13.0 Å². The Morgan fingerprint density at radius 1 is 1.00 bits per heavy atom. The summed E-state index contributed by atoms with van der Waals surface area (Å²) in [6.07, 6.45) is 0.175. The van der Waals surface area contributed by atoms with Crippen molar-refractivity contribution in [1.29, 1.82) is 0 Å². The Labute approximate surface area is 146 Å². The number of hydrogen-bond donors (Lipinski definition) is 1. The molecule has 0 saturated heterocycles. The molecular weight excluding hydrogens is 322 g/mol. The zero-order chi connectivity index (χ0) is 18.4. The summed E-state index contributed by atoms with van der Waals surface area (Å²) in [5.41, 5.74) is 2.67. The molecule has 0 fully saturated rings. The number of aryl methyl sites for hydroxylation is 1. The van der Waals surface area contributed by atoms with Crippen LogP contribution < -0.4 is 14.8 Å². The molecule has 0 bridgehead atoms. The molecule has 0 radical (unpaired) electrons. The van der Waals surface area contributed by atoms with E-state index in [2.05, 4.69) is 10.1 Å². The third-order valence-corrected chi connectivity index (χ3v) is 3.76. The molecule has 0 aromatic heterocycles. The number of esters is 1. The molecule has 6 nitrogen and oxygen atoms in total. The van der Waals surface area contributed by atoms with Gasteiger partial charge in [0.2, 0.25) is 5.91 Å². The highest BCUT2D eigenvalue weighted by molar-refractivity contribution is 5.95. The molecule has 2 aromatic rings. The van der Waals surface area contributed by atoms with Crippen molar-refractivity contribution in [3.8, 4) is 11.5 Å². The molecule has 0 atom stereocenters. The minimum absolute atomic E-state index is 0.175. The molecule has 1 N–H and O–H groups in total. The van der Waals surface area contributed by atoms with Crippen molar-refractivity contribution >= 4 is 17.6 Å². The zero-order valence-electron chi connectivity index (χ0n) is 14.7. The number of carbonyl (C=O) groups is 2. The number of rotatable bonds is 6. The van der Waals surface area contributed by atoms with Gasteiger partial charge in [0.05, 0.1) is 33.3 Å². The number of ether oxygens (including phenoxy) is 3. The Morgan fingerprint density at radius 3 is 2.32 bits per heavy atom. The van der Waals surface area contributed by atoms with E-state index in [1.165, 1.54) is 7.11 Å². The van der Waals surface area contributed by atoms with Gasteiger partial charge in [-0.3, -0.25) is 4.79 Å². The van der Waals surface area contributed by atoms with Crippen LogP contribution in [-0.4, -0.2) is 33.2 Å². The summed E-state index contributed by atoms with van der Waals surface area (Å²) in [5, 5.41) is 2.78. The number of anilines is 1. The van der Waals surface area contributed by atoms with E-state index in [1.54, 1.807) is 44.6 Å². The second kappa shape index (κ2) is 8.19. The van der Waals surface area contributed by atoms with E-state index in [0.29, 0.717) is 22.7 Å². The second-order valence-corrected chi connectivity index (χ2v) is 5.43. The second-order valence-electron chi connectivity index (χ2n) is 5.43. The highest BCUT2D eigenvalue weighted by Gasteiger charge is 2.13. The van der Waals surface area contributed by atoms with Gasteiger partial charge >= 0.3 is 5.97 Å². The van der Waals surface area contributed by atoms with Gasteiger partial charge in [-0.1, -0.05) is 6.07 Å². The third kappa shape index (κ3) is 4.50. The number of hydrogen-bond acceptors (Lipinski definition) is 5. The van der Waals surface area contributed by atoms with Gasteiger partial charge in [0, 0.05) is 5.69 Å². The van der Waals surface area contributed by atoms with Crippen LogP contribution in [0.2, 0.25) is 0 Å². The van der Waals surface area contributed by atoms with Crippen LogP contribution >= 0.6 is 0 Å². The van der Waals surface area contributed by atoms with Gasteiger partial charge < -0.3 is 19.5 Å². The van der Waals surface area contributed by atoms with E-state index in [9.17, 15) is 9.59 Å². The number of methoxy groups -OCH3 is 3. The first-order chi connectivity index (χ1) is 12.0. The molecule has 25 heavy (non-hydrogen) atoms. The third-order valence-electron chi connectivity index (χ3n) is 3.76. The predicted octanol–water partition coefficient (Wildman–Crippen LogP) is 2.98. The molecular formula is C19H21NO5. The van der Waals surface area contributed by atoms with Crippen molar-refractivity contribution < 1.29 is 23.8 Å². The van der Waals surface area contributed by atoms with E-state index in [0.717, 1.165) is 11.1 Å². The summed E-state index contributed by atoms with van der Waals surface area (Å²) in [6.45, 7) is 1.91. The maximum absolute atomic E-state index is 12.3. The highest BCUT2D eigenvalue weighted by Crippen LogP contribution is 2.30. The fraction of sp³-hybridized carbons (Fsp3) is 0.263. The number of carbonyl (C=O) groups excluding carboxylic acids is 2. The number of nitrogens with one attached hydrogen (secondary N) is 1. The van der Waals surface area contributed by atoms with E-state index >= 15 is 0 Å². The molecule has 0 aliphatic rings. The summed E-state index contributed by atoms with van der Waals surface area (Å²) >= 11 is 0. The molecule has 0 aliphatic heterocycles. The number of amides is 1. The van der Waals surface area contributed by atoms with Gasteiger partial charge in [-0.15, -0.1) is 0 Å². The quantitative estimate of drug-likeness (QED) is 0.816. The minimum atomic E-state index is -0.452. The van der Waals surface area contributed by atoms with Gasteiger partial charge in [0.25, 0.3) is 0 Å². The van der Waals surface area contributed by atoms with Gasteiger partial charge in [-0.25, -0.2) is 4.79 Å². The Hall–Kier alpha value is -3.02. The predicted molar refractivity (Wildman–Crippen MR) is 94.4 cm³/mol. The lowest BCUT2D eigenvalue weighted by Crippen LogP contribution is -2.15. The van der Waals surface area contributed by atoms with Crippen LogP contribution in [0.5, 0.6) is 11.5 Å². The molecule has 2 aromatic carbocycles. The van der Waals surface area contributed by atoms with Crippen molar-refractivity contribution in [2.75, 3.05) is 26.6 Å². The first-order valence-corrected chi connectivity index (χ1v) is 7.68. The van der Waals surface area contributed by atoms with Crippen LogP contribution in [-0.2, 0) is 16.0 Å². The molecule has 0 unspecified atom stereocenters. The first-order valence-electron chi connectivity index (χ1n) is 7.68. The minimum Gasteiger partial charge on any atom is -0.493 e. The monoisotopic (exact) mass is 343 g/mol. The van der Waals surface area contributed by atoms with Gasteiger partial charge in [0.1, 0.15) is 0 Å². The van der Waals surface area contributed by atoms with Crippen LogP contribution in [0.1, 0.15) is 21.5 Å². The largest absolute Gasteiger partial charge is 0.493 e. The normalized spacial score (nSPS) is 10.1. The Kier molecular flexibility index (Phi) is 6.00. The van der Waals surface area contributed by atoms with Crippen molar-refractivity contribution in [2.45, 2.75) is 13.3 Å². The lowest BCUT2D eigenvalue weighted by Gasteiger charge is -2.13. The lowest BCUT2D eigenvalue weighted by molar-refractivity contribution is -0.115. The van der Waals surface area contributed by atoms with E-state index in [4.69, 9.17) is 9.47 Å². The summed E-state index contributed by atoms with van der Waals surface area (Å²) in [5.74, 6) is 0.544. The van der Waals surface area contributed by atoms with Crippen molar-refractivity contribution in [3.05, 3.63) is 53.1 Å². The molecule has 6 heteroatoms. The van der Waals surface area contributed by atoms with Crippen molar-refractivity contribution in [1.82, 2.24) is 0 Å². The average molecular weight is 343 g/mol. The van der Waals surface area contributed by atoms with Crippen LogP contribution in [0.15, 0.2) is 36.4 Å². The van der Waals surface area contributed by atoms with Gasteiger partial charge in [-0.2, -0.15) is 0 Å². The van der Waals surface area contributed by atoms with Gasteiger partial charge in [-0.05, 0) is 48.4 Å². The first kappa shape index (κ1) is 18.3. The van der Waals surface area contributed by atoms with Crippen LogP contribution in [0.4, 0.5) is 5.69 Å². The number of benzene rings is 2. The van der Waals surface area contributed by atoms with E-state index < -0.39 is 5.97 Å². The summed E-state index contributed by atoms with van der Waals surface area (Å²) in [6, 6.07) is 10.2. The molecule has 2 rings (SSSR count). The topological polar surface area (TPSA) is 73.9 Å². The van der Waals surface area contributed by atoms with Crippen LogP contribution in [0.3, 0.4) is 0 Å². The Balaban J connectivity index is 2.14. The molecule has 0 saturated carbocycles. The van der Waals surface area contributed by atoms with Crippen LogP contribution in [0, 0.1) is 6.92 Å². The molecule has 0 spiro atoms. The molecule has 0 aliphatic carbocycles. The Morgan fingerprint density at radius 2 is 1.68 bits per heavy atom. The van der Waals surface area contributed by atoms with Crippen LogP contribution in [0.25, 0.3) is 0 Å². The fourth-order valence-electron chi connectivity index (χ4n) is 2.43. The zero-order valence-corrected chi connectivity index (χ0v) is 14.7. The maximum atomic E-state index is 12.3. The van der Waals surface area contributed by atoms with Crippen molar-refractivity contribution in [2.24, 2.45) is 0 Å². The standard InChI is InChI=1S/C19H21NO5/c1-12-8-16(23-2)17(24-3)10-14(12)11-18(21)20-15-7-5-6-13(9-15)19(22)25-4/h5-10H,11H2,1-4H3,(H,20,21). The lowest BCUT2D eigenvalue weighted by atomic mass is 10.0. The average Bonchev–Trinajstić information content (AvgIpc) is 2.62. The highest BCUT2D eigenvalue weighted by atomic mass is 16.5. The summed E-state index contributed by atoms with van der Waals surface area (Å²) in [7, 11) is 4.43. The SMILES string of the molecule is COC(=O)c1cccc(NC(=O)Cc2cc(OC)c(OC)cc2C)c1. The Bertz CT molecular complexity index is 785. The molecule has 132 valence electrons.